The lowest BCUT2D eigenvalue weighted by molar-refractivity contribution is -0.135. The Morgan fingerprint density at radius 1 is 1.11 bits per heavy atom. The van der Waals surface area contributed by atoms with Gasteiger partial charge in [-0.25, -0.2) is 9.97 Å². The molecule has 4 heterocycles. The fraction of sp³-hybridized carbons (Fsp3) is 0.231. The zero-order valence-corrected chi connectivity index (χ0v) is 21.8. The Morgan fingerprint density at radius 3 is 2.69 bits per heavy atom. The van der Waals surface area contributed by atoms with Crippen LogP contribution in [-0.4, -0.2) is 58.9 Å². The number of carbonyl (C=O) groups excluding carboxylic acids is 2. The van der Waals surface area contributed by atoms with E-state index in [0.717, 1.165) is 49.9 Å². The lowest BCUT2D eigenvalue weighted by Crippen LogP contribution is -2.36. The molecule has 0 saturated heterocycles. The highest BCUT2D eigenvalue weighted by Crippen LogP contribution is 2.40. The smallest absolute Gasteiger partial charge is 0.275 e. The summed E-state index contributed by atoms with van der Waals surface area (Å²) < 4.78 is 5.98. The van der Waals surface area contributed by atoms with Gasteiger partial charge in [-0.15, -0.1) is 22.7 Å². The molecule has 1 aliphatic rings. The second kappa shape index (κ2) is 10.2. The van der Waals surface area contributed by atoms with Crippen LogP contribution in [0.25, 0.3) is 32.0 Å². The number of hydrazine groups is 1. The second-order valence-electron chi connectivity index (χ2n) is 8.65. The molecule has 0 bridgehead atoms. The Bertz CT molecular complexity index is 1460. The van der Waals surface area contributed by atoms with Crippen LogP contribution in [-0.2, 0) is 9.59 Å². The van der Waals surface area contributed by atoms with E-state index in [4.69, 9.17) is 14.7 Å². The minimum absolute atomic E-state index is 0.376. The van der Waals surface area contributed by atoms with Gasteiger partial charge in [-0.3, -0.25) is 15.0 Å². The molecule has 0 fully saturated rings. The van der Waals surface area contributed by atoms with Crippen LogP contribution in [0, 0.1) is 0 Å². The second-order valence-corrected chi connectivity index (χ2v) is 10.5. The third-order valence-corrected chi connectivity index (χ3v) is 7.40. The van der Waals surface area contributed by atoms with Crippen molar-refractivity contribution in [2.75, 3.05) is 32.7 Å². The van der Waals surface area contributed by atoms with E-state index in [0.29, 0.717) is 23.8 Å². The molecule has 1 N–H and O–H groups in total. The summed E-state index contributed by atoms with van der Waals surface area (Å²) in [7, 11) is 4.08. The van der Waals surface area contributed by atoms with Gasteiger partial charge in [0, 0.05) is 29.1 Å². The molecule has 2 amide bonds. The predicted octanol–water partition coefficient (Wildman–Crippen LogP) is 5.06. The highest BCUT2D eigenvalue weighted by atomic mass is 32.1. The van der Waals surface area contributed by atoms with Crippen LogP contribution in [0.1, 0.15) is 13.3 Å². The maximum atomic E-state index is 12.6. The fourth-order valence-corrected chi connectivity index (χ4v) is 5.48. The SMILES string of the molecule is CC1=CC(=O)N(Nc2nc(-c3cccs3)nc3scc(-c4cccc(OCCCN(C)C)c4)c23)C1=O. The first kappa shape index (κ1) is 24.1. The summed E-state index contributed by atoms with van der Waals surface area (Å²) in [5.74, 6) is 0.902. The molecule has 0 spiro atoms. The molecule has 8 nitrogen and oxygen atoms in total. The molecule has 0 aliphatic carbocycles. The van der Waals surface area contributed by atoms with E-state index >= 15 is 0 Å². The predicted molar refractivity (Wildman–Crippen MR) is 144 cm³/mol. The maximum Gasteiger partial charge on any atom is 0.275 e. The van der Waals surface area contributed by atoms with Crippen LogP contribution in [0.5, 0.6) is 5.75 Å². The van der Waals surface area contributed by atoms with Gasteiger partial charge >= 0.3 is 0 Å². The van der Waals surface area contributed by atoms with Crippen LogP contribution in [0.4, 0.5) is 5.82 Å². The largest absolute Gasteiger partial charge is 0.494 e. The third kappa shape index (κ3) is 4.88. The number of ether oxygens (including phenoxy) is 1. The number of anilines is 1. The first-order valence-corrected chi connectivity index (χ1v) is 13.2. The number of fused-ring (bicyclic) bond motifs is 1. The molecule has 0 saturated carbocycles. The van der Waals surface area contributed by atoms with E-state index in [1.165, 1.54) is 28.7 Å². The fourth-order valence-electron chi connectivity index (χ4n) is 3.88. The highest BCUT2D eigenvalue weighted by molar-refractivity contribution is 7.17. The number of imide groups is 1. The Hall–Kier alpha value is -3.60. The number of thiophene rings is 2. The van der Waals surface area contributed by atoms with Crippen LogP contribution in [0.15, 0.2) is 58.8 Å². The van der Waals surface area contributed by atoms with E-state index in [1.807, 2.05) is 61.3 Å². The summed E-state index contributed by atoms with van der Waals surface area (Å²) in [4.78, 5) is 38.4. The van der Waals surface area contributed by atoms with Gasteiger partial charge in [-0.05, 0) is 56.6 Å². The minimum Gasteiger partial charge on any atom is -0.494 e. The van der Waals surface area contributed by atoms with Crippen molar-refractivity contribution >= 4 is 50.5 Å². The Balaban J connectivity index is 1.53. The van der Waals surface area contributed by atoms with Gasteiger partial charge in [0.2, 0.25) is 0 Å². The number of aromatic nitrogens is 2. The zero-order valence-electron chi connectivity index (χ0n) is 20.1. The van der Waals surface area contributed by atoms with Crippen molar-refractivity contribution in [3.63, 3.8) is 0 Å². The number of nitrogens with one attached hydrogen (secondary N) is 1. The van der Waals surface area contributed by atoms with Gasteiger partial charge in [-0.2, -0.15) is 5.01 Å². The molecule has 0 unspecified atom stereocenters. The average molecular weight is 520 g/mol. The number of hydrogen-bond acceptors (Lipinski definition) is 9. The van der Waals surface area contributed by atoms with Crippen molar-refractivity contribution in [3.8, 4) is 27.6 Å². The Morgan fingerprint density at radius 2 is 1.97 bits per heavy atom. The molecule has 1 aliphatic heterocycles. The molecule has 184 valence electrons. The maximum absolute atomic E-state index is 12.6. The van der Waals surface area contributed by atoms with Crippen LogP contribution in [0.2, 0.25) is 0 Å². The van der Waals surface area contributed by atoms with Crippen LogP contribution >= 0.6 is 22.7 Å². The molecule has 5 rings (SSSR count). The van der Waals surface area contributed by atoms with Crippen molar-refractivity contribution in [2.24, 2.45) is 0 Å². The van der Waals surface area contributed by atoms with E-state index < -0.39 is 11.8 Å². The van der Waals surface area contributed by atoms with Gasteiger partial charge in [0.05, 0.1) is 16.9 Å². The van der Waals surface area contributed by atoms with E-state index in [-0.39, 0.29) is 0 Å². The normalized spacial score (nSPS) is 13.7. The van der Waals surface area contributed by atoms with E-state index in [1.54, 1.807) is 6.92 Å². The monoisotopic (exact) mass is 519 g/mol. The lowest BCUT2D eigenvalue weighted by Gasteiger charge is -2.18. The molecule has 36 heavy (non-hydrogen) atoms. The number of rotatable bonds is 9. The minimum atomic E-state index is -0.424. The first-order chi connectivity index (χ1) is 17.4. The van der Waals surface area contributed by atoms with E-state index in [9.17, 15) is 9.59 Å². The van der Waals surface area contributed by atoms with E-state index in [2.05, 4.69) is 10.3 Å². The number of benzene rings is 1. The summed E-state index contributed by atoms with van der Waals surface area (Å²) in [5, 5.41) is 5.72. The molecule has 3 aromatic heterocycles. The summed E-state index contributed by atoms with van der Waals surface area (Å²) in [6.45, 7) is 3.20. The summed E-state index contributed by atoms with van der Waals surface area (Å²) in [6, 6.07) is 11.8. The number of hydrogen-bond donors (Lipinski definition) is 1. The number of amides is 2. The van der Waals surface area contributed by atoms with Gasteiger partial charge in [-0.1, -0.05) is 18.2 Å². The lowest BCUT2D eigenvalue weighted by atomic mass is 10.1. The van der Waals surface area contributed by atoms with Gasteiger partial charge in [0.25, 0.3) is 11.8 Å². The van der Waals surface area contributed by atoms with Crippen LogP contribution < -0.4 is 10.2 Å². The number of nitrogens with zero attached hydrogens (tertiary/aromatic N) is 4. The number of carbonyl (C=O) groups is 2. The van der Waals surface area contributed by atoms with Crippen LogP contribution in [0.3, 0.4) is 0 Å². The average Bonchev–Trinajstić information content (AvgIpc) is 3.59. The highest BCUT2D eigenvalue weighted by Gasteiger charge is 2.30. The molecular weight excluding hydrogens is 494 g/mol. The van der Waals surface area contributed by atoms with Crippen molar-refractivity contribution in [2.45, 2.75) is 13.3 Å². The quantitative estimate of drug-likeness (QED) is 0.244. The standard InChI is InChI=1S/C26H25N5O3S2/c1-16-13-21(32)31(26(16)33)29-24-22-19(15-36-25(22)28-23(27-24)20-9-5-12-35-20)17-7-4-8-18(14-17)34-11-6-10-30(2)3/h4-5,7-9,12-15H,6,10-11H2,1-3H3,(H,27,28,29). The Labute approximate surface area is 216 Å². The topological polar surface area (TPSA) is 87.7 Å². The third-order valence-electron chi connectivity index (χ3n) is 5.66. The van der Waals surface area contributed by atoms with Gasteiger partial charge in [0.1, 0.15) is 10.6 Å². The summed E-state index contributed by atoms with van der Waals surface area (Å²) in [6.07, 6.45) is 2.25. The van der Waals surface area contributed by atoms with Crippen molar-refractivity contribution < 1.29 is 14.3 Å². The van der Waals surface area contributed by atoms with Gasteiger partial charge < -0.3 is 9.64 Å². The molecule has 0 atom stereocenters. The molecule has 1 aromatic carbocycles. The molecule has 4 aromatic rings. The first-order valence-electron chi connectivity index (χ1n) is 11.4. The van der Waals surface area contributed by atoms with Crippen molar-refractivity contribution in [1.29, 1.82) is 0 Å². The Kier molecular flexibility index (Phi) is 6.82. The summed E-state index contributed by atoms with van der Waals surface area (Å²) >= 11 is 3.02. The van der Waals surface area contributed by atoms with Gasteiger partial charge in [0.15, 0.2) is 11.6 Å². The molecule has 0 radical (unpaired) electrons. The summed E-state index contributed by atoms with van der Waals surface area (Å²) in [5.41, 5.74) is 5.20. The molecular formula is C26H25N5O3S2. The zero-order chi connectivity index (χ0) is 25.2. The van der Waals surface area contributed by atoms with Crippen molar-refractivity contribution in [3.05, 3.63) is 58.8 Å². The van der Waals surface area contributed by atoms with Crippen molar-refractivity contribution in [1.82, 2.24) is 19.9 Å². The molecule has 10 heteroatoms.